The van der Waals surface area contributed by atoms with Crippen molar-refractivity contribution in [2.45, 2.75) is 13.0 Å². The van der Waals surface area contributed by atoms with E-state index in [-0.39, 0.29) is 6.04 Å². The SMILES string of the molecule is CC(Nc1c(Cl)cc(Br)cc1Cl)c1ccoc1. The molecule has 2 aromatic rings. The Morgan fingerprint density at radius 2 is 1.94 bits per heavy atom. The fraction of sp³-hybridized carbons (Fsp3) is 0.167. The average molecular weight is 335 g/mol. The molecule has 0 fully saturated rings. The molecule has 0 bridgehead atoms. The molecule has 0 saturated carbocycles. The number of halogens is 3. The number of hydrogen-bond acceptors (Lipinski definition) is 2. The summed E-state index contributed by atoms with van der Waals surface area (Å²) in [5.41, 5.74) is 1.77. The molecule has 0 radical (unpaired) electrons. The van der Waals surface area contributed by atoms with Gasteiger partial charge in [0.25, 0.3) is 0 Å². The summed E-state index contributed by atoms with van der Waals surface area (Å²) in [5, 5.41) is 4.43. The fourth-order valence-corrected chi connectivity index (χ4v) is 2.82. The molecular weight excluding hydrogens is 325 g/mol. The smallest absolute Gasteiger partial charge is 0.0955 e. The fourth-order valence-electron chi connectivity index (χ4n) is 1.50. The van der Waals surface area contributed by atoms with Gasteiger partial charge in [0.15, 0.2) is 0 Å². The third-order valence-corrected chi connectivity index (χ3v) is 3.46. The van der Waals surface area contributed by atoms with E-state index in [1.54, 1.807) is 24.7 Å². The minimum Gasteiger partial charge on any atom is -0.472 e. The Labute approximate surface area is 118 Å². The van der Waals surface area contributed by atoms with Gasteiger partial charge >= 0.3 is 0 Å². The molecule has 0 amide bonds. The molecular formula is C12H10BrCl2NO. The van der Waals surface area contributed by atoms with Crippen LogP contribution in [0, 0.1) is 0 Å². The maximum atomic E-state index is 6.14. The second-order valence-electron chi connectivity index (χ2n) is 3.67. The minimum atomic E-state index is 0.0740. The van der Waals surface area contributed by atoms with Crippen molar-refractivity contribution in [3.05, 3.63) is 50.8 Å². The van der Waals surface area contributed by atoms with Crippen LogP contribution < -0.4 is 5.32 Å². The van der Waals surface area contributed by atoms with Crippen molar-refractivity contribution < 1.29 is 4.42 Å². The van der Waals surface area contributed by atoms with E-state index in [4.69, 9.17) is 27.6 Å². The lowest BCUT2D eigenvalue weighted by Gasteiger charge is -2.16. The average Bonchev–Trinajstić information content (AvgIpc) is 2.76. The standard InChI is InChI=1S/C12H10BrCl2NO/c1-7(8-2-3-17-6-8)16-12-10(14)4-9(13)5-11(12)15/h2-7,16H,1H3. The first kappa shape index (κ1) is 12.8. The Hall–Kier alpha value is -0.640. The van der Waals surface area contributed by atoms with E-state index in [2.05, 4.69) is 21.2 Å². The van der Waals surface area contributed by atoms with Crippen molar-refractivity contribution in [1.82, 2.24) is 0 Å². The van der Waals surface area contributed by atoms with Gasteiger partial charge < -0.3 is 9.73 Å². The minimum absolute atomic E-state index is 0.0740. The molecule has 0 saturated heterocycles. The summed E-state index contributed by atoms with van der Waals surface area (Å²) >= 11 is 15.6. The third kappa shape index (κ3) is 2.97. The van der Waals surface area contributed by atoms with E-state index in [1.807, 2.05) is 13.0 Å². The molecule has 2 nitrogen and oxygen atoms in total. The first-order valence-electron chi connectivity index (χ1n) is 5.01. The summed E-state index contributed by atoms with van der Waals surface area (Å²) < 4.78 is 5.90. The van der Waals surface area contributed by atoms with Crippen LogP contribution in [0.15, 0.2) is 39.6 Å². The molecule has 0 aliphatic rings. The normalized spacial score (nSPS) is 12.5. The van der Waals surface area contributed by atoms with Gasteiger partial charge in [-0.15, -0.1) is 0 Å². The zero-order valence-corrected chi connectivity index (χ0v) is 12.1. The summed E-state index contributed by atoms with van der Waals surface area (Å²) in [4.78, 5) is 0. The van der Waals surface area contributed by atoms with Gasteiger partial charge in [-0.25, -0.2) is 0 Å². The lowest BCUT2D eigenvalue weighted by molar-refractivity contribution is 0.562. The van der Waals surface area contributed by atoms with E-state index in [0.29, 0.717) is 10.0 Å². The predicted octanol–water partition coefficient (Wildman–Crippen LogP) is 5.52. The third-order valence-electron chi connectivity index (χ3n) is 2.41. The molecule has 1 unspecified atom stereocenters. The molecule has 1 heterocycles. The van der Waals surface area contributed by atoms with Crippen LogP contribution in [0.5, 0.6) is 0 Å². The summed E-state index contributed by atoms with van der Waals surface area (Å²) in [6.45, 7) is 2.01. The van der Waals surface area contributed by atoms with Crippen LogP contribution in [-0.4, -0.2) is 0 Å². The lowest BCUT2D eigenvalue weighted by atomic mass is 10.1. The summed E-state index contributed by atoms with van der Waals surface area (Å²) in [6, 6.07) is 5.58. The van der Waals surface area contributed by atoms with E-state index < -0.39 is 0 Å². The van der Waals surface area contributed by atoms with E-state index >= 15 is 0 Å². The predicted molar refractivity (Wildman–Crippen MR) is 74.9 cm³/mol. The highest BCUT2D eigenvalue weighted by atomic mass is 79.9. The zero-order chi connectivity index (χ0) is 12.4. The Bertz CT molecular complexity index is 490. The number of nitrogens with one attached hydrogen (secondary N) is 1. The highest BCUT2D eigenvalue weighted by Gasteiger charge is 2.12. The highest BCUT2D eigenvalue weighted by molar-refractivity contribution is 9.10. The van der Waals surface area contributed by atoms with Gasteiger partial charge in [0, 0.05) is 10.0 Å². The van der Waals surface area contributed by atoms with Gasteiger partial charge in [0.05, 0.1) is 34.3 Å². The first-order valence-corrected chi connectivity index (χ1v) is 6.56. The van der Waals surface area contributed by atoms with Gasteiger partial charge in [0.2, 0.25) is 0 Å². The van der Waals surface area contributed by atoms with Gasteiger partial charge in [0.1, 0.15) is 0 Å². The molecule has 0 aliphatic carbocycles. The summed E-state index contributed by atoms with van der Waals surface area (Å²) in [5.74, 6) is 0. The van der Waals surface area contributed by atoms with Crippen LogP contribution in [-0.2, 0) is 0 Å². The molecule has 5 heteroatoms. The largest absolute Gasteiger partial charge is 0.472 e. The maximum absolute atomic E-state index is 6.14. The van der Waals surface area contributed by atoms with Crippen LogP contribution >= 0.6 is 39.1 Å². The number of rotatable bonds is 3. The topological polar surface area (TPSA) is 25.2 Å². The summed E-state index contributed by atoms with van der Waals surface area (Å²) in [6.07, 6.45) is 3.33. The van der Waals surface area contributed by atoms with Crippen LogP contribution in [0.4, 0.5) is 5.69 Å². The quantitative estimate of drug-likeness (QED) is 0.799. The molecule has 2 rings (SSSR count). The lowest BCUT2D eigenvalue weighted by Crippen LogP contribution is -2.06. The number of benzene rings is 1. The second kappa shape index (κ2) is 5.34. The van der Waals surface area contributed by atoms with Crippen LogP contribution in [0.1, 0.15) is 18.5 Å². The van der Waals surface area contributed by atoms with E-state index in [9.17, 15) is 0 Å². The Morgan fingerprint density at radius 1 is 1.29 bits per heavy atom. The Balaban J connectivity index is 2.25. The van der Waals surface area contributed by atoms with E-state index in [0.717, 1.165) is 15.7 Å². The summed E-state index contributed by atoms with van der Waals surface area (Å²) in [7, 11) is 0. The molecule has 1 aromatic heterocycles. The van der Waals surface area contributed by atoms with Crippen molar-refractivity contribution in [1.29, 1.82) is 0 Å². The Kier molecular flexibility index (Phi) is 4.02. The number of furan rings is 1. The maximum Gasteiger partial charge on any atom is 0.0955 e. The Morgan fingerprint density at radius 3 is 2.47 bits per heavy atom. The van der Waals surface area contributed by atoms with Crippen molar-refractivity contribution in [3.63, 3.8) is 0 Å². The zero-order valence-electron chi connectivity index (χ0n) is 9.01. The van der Waals surface area contributed by atoms with Crippen molar-refractivity contribution in [3.8, 4) is 0 Å². The van der Waals surface area contributed by atoms with Crippen molar-refractivity contribution in [2.24, 2.45) is 0 Å². The molecule has 0 spiro atoms. The molecule has 0 aliphatic heterocycles. The monoisotopic (exact) mass is 333 g/mol. The van der Waals surface area contributed by atoms with Crippen LogP contribution in [0.3, 0.4) is 0 Å². The van der Waals surface area contributed by atoms with Gasteiger partial charge in [-0.3, -0.25) is 0 Å². The number of hydrogen-bond donors (Lipinski definition) is 1. The van der Waals surface area contributed by atoms with Crippen molar-refractivity contribution in [2.75, 3.05) is 5.32 Å². The van der Waals surface area contributed by atoms with Gasteiger partial charge in [-0.2, -0.15) is 0 Å². The van der Waals surface area contributed by atoms with E-state index in [1.165, 1.54) is 0 Å². The molecule has 1 atom stereocenters. The van der Waals surface area contributed by atoms with Gasteiger partial charge in [-0.1, -0.05) is 39.1 Å². The highest BCUT2D eigenvalue weighted by Crippen LogP contribution is 2.35. The molecule has 17 heavy (non-hydrogen) atoms. The van der Waals surface area contributed by atoms with Crippen LogP contribution in [0.25, 0.3) is 0 Å². The van der Waals surface area contributed by atoms with Crippen molar-refractivity contribution >= 4 is 44.8 Å². The molecule has 90 valence electrons. The first-order chi connectivity index (χ1) is 8.08. The second-order valence-corrected chi connectivity index (χ2v) is 5.40. The number of anilines is 1. The molecule has 1 N–H and O–H groups in total. The molecule has 1 aromatic carbocycles. The van der Waals surface area contributed by atoms with Gasteiger partial charge in [-0.05, 0) is 25.1 Å². The van der Waals surface area contributed by atoms with Crippen LogP contribution in [0.2, 0.25) is 10.0 Å².